The molecule has 2 atom stereocenters. The Hall–Kier alpha value is -2.19. The minimum absolute atomic E-state index is 0.0509. The zero-order valence-corrected chi connectivity index (χ0v) is 36.6. The topological polar surface area (TPSA) is 99.1 Å². The average Bonchev–Trinajstić information content (AvgIpc) is 3.14. The summed E-state index contributed by atoms with van der Waals surface area (Å²) in [6, 6.07) is -0.616. The third-order valence-electron chi connectivity index (χ3n) is 10.3. The second-order valence-electron chi connectivity index (χ2n) is 16.7. The molecule has 0 saturated carbocycles. The Bertz CT molecular complexity index is 957. The van der Waals surface area contributed by atoms with Crippen molar-refractivity contribution in [3.05, 3.63) is 24.3 Å². The lowest BCUT2D eigenvalue weighted by molar-refractivity contribution is -0.887. The van der Waals surface area contributed by atoms with Gasteiger partial charge in [-0.05, 0) is 57.8 Å². The number of hydrogen-bond donors (Lipinski definition) is 1. The smallest absolute Gasteiger partial charge is 0.362 e. The number of carboxylic acid groups (broad SMARTS) is 1. The highest BCUT2D eigenvalue weighted by Crippen LogP contribution is 2.14. The summed E-state index contributed by atoms with van der Waals surface area (Å²) >= 11 is 0. The van der Waals surface area contributed by atoms with E-state index >= 15 is 0 Å². The van der Waals surface area contributed by atoms with Crippen LogP contribution < -0.4 is 0 Å². The normalized spacial score (nSPS) is 13.1. The number of carbonyl (C=O) groups is 3. The number of allylic oxidation sites excluding steroid dienone is 4. The van der Waals surface area contributed by atoms with E-state index < -0.39 is 18.1 Å². The number of quaternary nitrogens is 1. The van der Waals surface area contributed by atoms with Gasteiger partial charge in [0, 0.05) is 19.3 Å². The van der Waals surface area contributed by atoms with E-state index in [9.17, 15) is 19.5 Å². The number of unbranched alkanes of at least 4 members (excludes halogenated alkanes) is 23. The first-order chi connectivity index (χ1) is 26.6. The van der Waals surface area contributed by atoms with Crippen LogP contribution in [0.15, 0.2) is 24.3 Å². The Morgan fingerprint density at radius 3 is 1.38 bits per heavy atom. The van der Waals surface area contributed by atoms with E-state index in [-0.39, 0.29) is 42.7 Å². The highest BCUT2D eigenvalue weighted by molar-refractivity contribution is 5.72. The van der Waals surface area contributed by atoms with Gasteiger partial charge in [0.05, 0.1) is 34.4 Å². The Kier molecular flexibility index (Phi) is 37.1. The summed E-state index contributed by atoms with van der Waals surface area (Å²) in [5.41, 5.74) is 0. The molecular formula is C47H88NO7+. The minimum Gasteiger partial charge on any atom is -0.477 e. The van der Waals surface area contributed by atoms with Crippen molar-refractivity contribution in [3.63, 3.8) is 0 Å². The number of rotatable bonds is 41. The predicted molar refractivity (Wildman–Crippen MR) is 229 cm³/mol. The number of hydrogen-bond acceptors (Lipinski definition) is 6. The third-order valence-corrected chi connectivity index (χ3v) is 10.3. The summed E-state index contributed by atoms with van der Waals surface area (Å²) in [7, 11) is 5.51. The first-order valence-corrected chi connectivity index (χ1v) is 22.9. The molecule has 0 bridgehead atoms. The number of likely N-dealkylation sites (N-methyl/N-ethyl adjacent to an activating group) is 1. The van der Waals surface area contributed by atoms with E-state index in [0.29, 0.717) is 19.3 Å². The zero-order chi connectivity index (χ0) is 40.7. The number of carboxylic acids is 1. The van der Waals surface area contributed by atoms with Crippen LogP contribution >= 0.6 is 0 Å². The Labute approximate surface area is 339 Å². The molecule has 1 N–H and O–H groups in total. The zero-order valence-electron chi connectivity index (χ0n) is 36.6. The van der Waals surface area contributed by atoms with Gasteiger partial charge in [-0.2, -0.15) is 0 Å². The second kappa shape index (κ2) is 38.7. The van der Waals surface area contributed by atoms with Gasteiger partial charge in [0.15, 0.2) is 12.1 Å². The molecule has 0 saturated heterocycles. The molecule has 0 radical (unpaired) electrons. The molecule has 8 nitrogen and oxygen atoms in total. The van der Waals surface area contributed by atoms with E-state index in [2.05, 4.69) is 38.2 Å². The largest absolute Gasteiger partial charge is 0.477 e. The van der Waals surface area contributed by atoms with Gasteiger partial charge in [-0.15, -0.1) is 0 Å². The Morgan fingerprint density at radius 1 is 0.527 bits per heavy atom. The van der Waals surface area contributed by atoms with Gasteiger partial charge in [0.2, 0.25) is 0 Å². The molecule has 0 aliphatic carbocycles. The second-order valence-corrected chi connectivity index (χ2v) is 16.7. The van der Waals surface area contributed by atoms with Crippen molar-refractivity contribution in [1.82, 2.24) is 0 Å². The fraction of sp³-hybridized carbons (Fsp3) is 0.851. The average molecular weight is 779 g/mol. The molecule has 55 heavy (non-hydrogen) atoms. The van der Waals surface area contributed by atoms with E-state index in [1.807, 2.05) is 21.1 Å². The molecule has 8 heteroatoms. The van der Waals surface area contributed by atoms with Crippen molar-refractivity contribution in [2.24, 2.45) is 0 Å². The molecule has 0 aromatic heterocycles. The molecule has 0 aliphatic heterocycles. The summed E-state index contributed by atoms with van der Waals surface area (Å²) in [5.74, 6) is -1.51. The maximum Gasteiger partial charge on any atom is 0.362 e. The quantitative estimate of drug-likeness (QED) is 0.0285. The van der Waals surface area contributed by atoms with Crippen LogP contribution in [0.1, 0.15) is 206 Å². The molecule has 0 fully saturated rings. The van der Waals surface area contributed by atoms with Gasteiger partial charge >= 0.3 is 17.9 Å². The fourth-order valence-corrected chi connectivity index (χ4v) is 6.74. The number of aliphatic carboxylic acids is 1. The van der Waals surface area contributed by atoms with Crippen molar-refractivity contribution in [2.75, 3.05) is 41.0 Å². The fourth-order valence-electron chi connectivity index (χ4n) is 6.74. The van der Waals surface area contributed by atoms with Crippen LogP contribution in [0.3, 0.4) is 0 Å². The van der Waals surface area contributed by atoms with E-state index in [0.717, 1.165) is 32.1 Å². The number of esters is 2. The van der Waals surface area contributed by atoms with Crippen LogP contribution in [-0.4, -0.2) is 80.6 Å². The standard InChI is InChI=1S/C47H87NO7/c1-6-8-10-12-14-16-17-18-19-20-21-22-23-24-25-26-27-28-30-31-33-35-37-45(49)54-42-43(41-53-40-39-44(47(51)52)48(3,4)5)55-46(50)38-36-34-32-29-15-13-11-9-7-2/h23-24,29,32,43-44H,6-22,25-28,30-31,33-42H2,1-5H3/p+1/b24-23+,32-29+. The van der Waals surface area contributed by atoms with Gasteiger partial charge in [-0.25, -0.2) is 4.79 Å². The molecule has 0 rings (SSSR count). The third kappa shape index (κ3) is 37.2. The summed E-state index contributed by atoms with van der Waals surface area (Å²) in [6.45, 7) is 4.68. The SMILES string of the molecule is CCCCCC/C=C/CCCC(=O)OC(COCCC(C(=O)O)[N+](C)(C)C)COC(=O)CCCCCCCCC/C=C/CCCCCCCCCCCCC. The molecular weight excluding hydrogens is 691 g/mol. The first kappa shape index (κ1) is 52.8. The summed E-state index contributed by atoms with van der Waals surface area (Å²) in [5, 5.41) is 9.60. The lowest BCUT2D eigenvalue weighted by Gasteiger charge is -2.31. The van der Waals surface area contributed by atoms with Gasteiger partial charge in [0.1, 0.15) is 6.61 Å². The van der Waals surface area contributed by atoms with Crippen LogP contribution in [0.4, 0.5) is 0 Å². The molecule has 0 aromatic carbocycles. The molecule has 0 aliphatic rings. The highest BCUT2D eigenvalue weighted by Gasteiger charge is 2.31. The van der Waals surface area contributed by atoms with Crippen LogP contribution in [0.2, 0.25) is 0 Å². The van der Waals surface area contributed by atoms with E-state index in [4.69, 9.17) is 14.2 Å². The maximum atomic E-state index is 12.6. The summed E-state index contributed by atoms with van der Waals surface area (Å²) < 4.78 is 17.2. The van der Waals surface area contributed by atoms with Gasteiger partial charge < -0.3 is 23.8 Å². The van der Waals surface area contributed by atoms with Crippen molar-refractivity contribution >= 4 is 17.9 Å². The van der Waals surface area contributed by atoms with E-state index in [1.54, 1.807) is 0 Å². The molecule has 0 aromatic rings. The Morgan fingerprint density at radius 2 is 0.927 bits per heavy atom. The maximum absolute atomic E-state index is 12.6. The van der Waals surface area contributed by atoms with Gasteiger partial charge in [-0.3, -0.25) is 9.59 Å². The summed E-state index contributed by atoms with van der Waals surface area (Å²) in [6.07, 6.45) is 42.5. The van der Waals surface area contributed by atoms with Crippen molar-refractivity contribution in [1.29, 1.82) is 0 Å². The lowest BCUT2D eigenvalue weighted by Crippen LogP contribution is -2.50. The molecule has 322 valence electrons. The predicted octanol–water partition coefficient (Wildman–Crippen LogP) is 12.5. The van der Waals surface area contributed by atoms with Crippen molar-refractivity contribution in [3.8, 4) is 0 Å². The number of ether oxygens (including phenoxy) is 3. The number of carbonyl (C=O) groups excluding carboxylic acids is 2. The molecule has 2 unspecified atom stereocenters. The summed E-state index contributed by atoms with van der Waals surface area (Å²) in [4.78, 5) is 36.8. The van der Waals surface area contributed by atoms with Crippen molar-refractivity contribution < 1.29 is 38.2 Å². The van der Waals surface area contributed by atoms with Crippen LogP contribution in [0.25, 0.3) is 0 Å². The minimum atomic E-state index is -0.879. The number of nitrogens with zero attached hydrogens (tertiary/aromatic N) is 1. The van der Waals surface area contributed by atoms with Crippen molar-refractivity contribution in [2.45, 2.75) is 219 Å². The molecule has 0 spiro atoms. The van der Waals surface area contributed by atoms with E-state index in [1.165, 1.54) is 135 Å². The van der Waals surface area contributed by atoms with Crippen LogP contribution in [0, 0.1) is 0 Å². The highest BCUT2D eigenvalue weighted by atomic mass is 16.6. The monoisotopic (exact) mass is 779 g/mol. The van der Waals surface area contributed by atoms with Gasteiger partial charge in [-0.1, -0.05) is 154 Å². The first-order valence-electron chi connectivity index (χ1n) is 22.9. The molecule has 0 amide bonds. The van der Waals surface area contributed by atoms with Gasteiger partial charge in [0.25, 0.3) is 0 Å². The Balaban J connectivity index is 4.18. The van der Waals surface area contributed by atoms with Crippen LogP contribution in [-0.2, 0) is 28.6 Å². The molecule has 0 heterocycles. The van der Waals surface area contributed by atoms with Crippen LogP contribution in [0.5, 0.6) is 0 Å². The lowest BCUT2D eigenvalue weighted by atomic mass is 10.0.